The van der Waals surface area contributed by atoms with E-state index in [1.165, 1.54) is 44.9 Å². The molecule has 1 heteroatoms. The molecule has 1 nitrogen and oxygen atoms in total. The van der Waals surface area contributed by atoms with Gasteiger partial charge in [0.1, 0.15) is 0 Å². The normalized spacial score (nSPS) is 40.3. The Morgan fingerprint density at radius 1 is 1.07 bits per heavy atom. The lowest BCUT2D eigenvalue weighted by molar-refractivity contribution is -0.0306. The van der Waals surface area contributed by atoms with Crippen molar-refractivity contribution in [1.29, 1.82) is 0 Å². The Hall–Kier alpha value is -0.0400. The van der Waals surface area contributed by atoms with Crippen molar-refractivity contribution in [3.05, 3.63) is 0 Å². The fourth-order valence-electron chi connectivity index (χ4n) is 3.73. The summed E-state index contributed by atoms with van der Waals surface area (Å²) in [4.78, 5) is 0. The van der Waals surface area contributed by atoms with E-state index >= 15 is 0 Å². The van der Waals surface area contributed by atoms with E-state index in [0.717, 1.165) is 18.8 Å². The third-order valence-electron chi connectivity index (χ3n) is 4.65. The molecule has 0 aromatic carbocycles. The Kier molecular flexibility index (Phi) is 3.16. The quantitative estimate of drug-likeness (QED) is 0.716. The zero-order chi connectivity index (χ0) is 10.0. The molecule has 2 fully saturated rings. The highest BCUT2D eigenvalue weighted by Gasteiger charge is 2.43. The third-order valence-corrected chi connectivity index (χ3v) is 4.65. The minimum Gasteiger partial charge on any atom is -0.390 e. The van der Waals surface area contributed by atoms with Crippen LogP contribution >= 0.6 is 0 Å². The standard InChI is InChI=1S/C13H24O/c1-2-13(14)10-6-9-12(13)11-7-4-3-5-8-11/h11-12,14H,2-10H2,1H3. The molecule has 0 aromatic rings. The summed E-state index contributed by atoms with van der Waals surface area (Å²) in [7, 11) is 0. The lowest BCUT2D eigenvalue weighted by Gasteiger charge is -2.37. The van der Waals surface area contributed by atoms with Crippen molar-refractivity contribution in [3.63, 3.8) is 0 Å². The minimum absolute atomic E-state index is 0.290. The molecule has 2 unspecified atom stereocenters. The molecule has 2 atom stereocenters. The van der Waals surface area contributed by atoms with Gasteiger partial charge in [-0.25, -0.2) is 0 Å². The second-order valence-corrected chi connectivity index (χ2v) is 5.35. The molecule has 0 saturated heterocycles. The number of hydrogen-bond donors (Lipinski definition) is 1. The van der Waals surface area contributed by atoms with Gasteiger partial charge in [-0.3, -0.25) is 0 Å². The first kappa shape index (κ1) is 10.5. The van der Waals surface area contributed by atoms with Gasteiger partial charge in [0.2, 0.25) is 0 Å². The summed E-state index contributed by atoms with van der Waals surface area (Å²) in [6.45, 7) is 2.15. The van der Waals surface area contributed by atoms with Crippen LogP contribution in [-0.2, 0) is 0 Å². The molecule has 82 valence electrons. The highest BCUT2D eigenvalue weighted by molar-refractivity contribution is 4.95. The summed E-state index contributed by atoms with van der Waals surface area (Å²) >= 11 is 0. The molecule has 2 saturated carbocycles. The Morgan fingerprint density at radius 3 is 2.43 bits per heavy atom. The summed E-state index contributed by atoms with van der Waals surface area (Å²) in [5.41, 5.74) is -0.290. The van der Waals surface area contributed by atoms with Crippen molar-refractivity contribution in [2.24, 2.45) is 11.8 Å². The Labute approximate surface area is 87.9 Å². The number of rotatable bonds is 2. The van der Waals surface area contributed by atoms with Crippen molar-refractivity contribution >= 4 is 0 Å². The van der Waals surface area contributed by atoms with E-state index in [1.807, 2.05) is 0 Å². The molecule has 0 radical (unpaired) electrons. The van der Waals surface area contributed by atoms with Crippen LogP contribution < -0.4 is 0 Å². The predicted octanol–water partition coefficient (Wildman–Crippen LogP) is 3.51. The van der Waals surface area contributed by atoms with Crippen LogP contribution in [0.4, 0.5) is 0 Å². The van der Waals surface area contributed by atoms with E-state index in [9.17, 15) is 5.11 Å². The first-order chi connectivity index (χ1) is 6.76. The van der Waals surface area contributed by atoms with Crippen LogP contribution in [0.15, 0.2) is 0 Å². The zero-order valence-corrected chi connectivity index (χ0v) is 9.47. The summed E-state index contributed by atoms with van der Waals surface area (Å²) in [5, 5.41) is 10.5. The molecule has 2 rings (SSSR count). The fraction of sp³-hybridized carbons (Fsp3) is 1.00. The molecule has 0 aliphatic heterocycles. The van der Waals surface area contributed by atoms with Gasteiger partial charge in [-0.05, 0) is 31.1 Å². The zero-order valence-electron chi connectivity index (χ0n) is 9.47. The SMILES string of the molecule is CCC1(O)CCCC1C1CCCCC1. The lowest BCUT2D eigenvalue weighted by Crippen LogP contribution is -2.37. The second kappa shape index (κ2) is 4.22. The van der Waals surface area contributed by atoms with Crippen LogP contribution in [0.2, 0.25) is 0 Å². The summed E-state index contributed by atoms with van der Waals surface area (Å²) in [6.07, 6.45) is 11.6. The van der Waals surface area contributed by atoms with E-state index in [1.54, 1.807) is 0 Å². The average molecular weight is 196 g/mol. The van der Waals surface area contributed by atoms with Gasteiger partial charge in [-0.1, -0.05) is 45.4 Å². The summed E-state index contributed by atoms with van der Waals surface area (Å²) in [5.74, 6) is 1.48. The van der Waals surface area contributed by atoms with E-state index in [2.05, 4.69) is 6.92 Å². The Balaban J connectivity index is 2.01. The van der Waals surface area contributed by atoms with Crippen LogP contribution in [0.25, 0.3) is 0 Å². The molecule has 0 bridgehead atoms. The molecule has 2 aliphatic carbocycles. The molecule has 2 aliphatic rings. The predicted molar refractivity (Wildman–Crippen MR) is 59.2 cm³/mol. The van der Waals surface area contributed by atoms with Gasteiger partial charge in [-0.15, -0.1) is 0 Å². The van der Waals surface area contributed by atoms with E-state index < -0.39 is 0 Å². The molecular formula is C13H24O. The highest BCUT2D eigenvalue weighted by atomic mass is 16.3. The van der Waals surface area contributed by atoms with Gasteiger partial charge in [0.25, 0.3) is 0 Å². The fourth-order valence-corrected chi connectivity index (χ4v) is 3.73. The summed E-state index contributed by atoms with van der Waals surface area (Å²) in [6, 6.07) is 0. The summed E-state index contributed by atoms with van der Waals surface area (Å²) < 4.78 is 0. The van der Waals surface area contributed by atoms with Crippen LogP contribution in [0, 0.1) is 11.8 Å². The van der Waals surface area contributed by atoms with Crippen LogP contribution in [0.5, 0.6) is 0 Å². The number of aliphatic hydroxyl groups is 1. The lowest BCUT2D eigenvalue weighted by atomic mass is 9.72. The molecular weight excluding hydrogens is 172 g/mol. The Bertz CT molecular complexity index is 184. The van der Waals surface area contributed by atoms with Gasteiger partial charge < -0.3 is 5.11 Å². The van der Waals surface area contributed by atoms with E-state index in [4.69, 9.17) is 0 Å². The van der Waals surface area contributed by atoms with Gasteiger partial charge in [0.05, 0.1) is 5.60 Å². The van der Waals surface area contributed by atoms with Crippen molar-refractivity contribution in [2.45, 2.75) is 70.3 Å². The molecule has 0 heterocycles. The van der Waals surface area contributed by atoms with Crippen molar-refractivity contribution in [1.82, 2.24) is 0 Å². The molecule has 0 spiro atoms. The minimum atomic E-state index is -0.290. The van der Waals surface area contributed by atoms with Crippen molar-refractivity contribution in [3.8, 4) is 0 Å². The van der Waals surface area contributed by atoms with Gasteiger partial charge in [0.15, 0.2) is 0 Å². The van der Waals surface area contributed by atoms with E-state index in [-0.39, 0.29) is 5.60 Å². The number of hydrogen-bond acceptors (Lipinski definition) is 1. The van der Waals surface area contributed by atoms with Crippen LogP contribution in [0.3, 0.4) is 0 Å². The van der Waals surface area contributed by atoms with Crippen LogP contribution in [-0.4, -0.2) is 10.7 Å². The molecule has 14 heavy (non-hydrogen) atoms. The van der Waals surface area contributed by atoms with E-state index in [0.29, 0.717) is 5.92 Å². The van der Waals surface area contributed by atoms with Gasteiger partial charge in [-0.2, -0.15) is 0 Å². The monoisotopic (exact) mass is 196 g/mol. The van der Waals surface area contributed by atoms with Gasteiger partial charge in [0, 0.05) is 0 Å². The second-order valence-electron chi connectivity index (χ2n) is 5.35. The maximum absolute atomic E-state index is 10.5. The molecule has 1 N–H and O–H groups in total. The molecule has 0 aromatic heterocycles. The maximum atomic E-state index is 10.5. The molecule has 0 amide bonds. The first-order valence-electron chi connectivity index (χ1n) is 6.48. The first-order valence-corrected chi connectivity index (χ1v) is 6.48. The Morgan fingerprint density at radius 2 is 1.79 bits per heavy atom. The topological polar surface area (TPSA) is 20.2 Å². The average Bonchev–Trinajstić information content (AvgIpc) is 2.63. The largest absolute Gasteiger partial charge is 0.390 e. The van der Waals surface area contributed by atoms with Crippen molar-refractivity contribution in [2.75, 3.05) is 0 Å². The maximum Gasteiger partial charge on any atom is 0.0675 e. The van der Waals surface area contributed by atoms with Crippen LogP contribution in [0.1, 0.15) is 64.7 Å². The third kappa shape index (κ3) is 1.84. The van der Waals surface area contributed by atoms with Gasteiger partial charge >= 0.3 is 0 Å². The van der Waals surface area contributed by atoms with Crippen molar-refractivity contribution < 1.29 is 5.11 Å². The highest BCUT2D eigenvalue weighted by Crippen LogP contribution is 2.46. The smallest absolute Gasteiger partial charge is 0.0675 e.